The van der Waals surface area contributed by atoms with Gasteiger partial charge in [-0.15, -0.1) is 0 Å². The molecular formula is C9H9BF3N2O3-. The van der Waals surface area contributed by atoms with Crippen molar-refractivity contribution in [2.45, 2.75) is 12.7 Å². The molecule has 0 saturated carbocycles. The number of nitro groups is 1. The average Bonchev–Trinajstić information content (AvgIpc) is 2.26. The van der Waals surface area contributed by atoms with Gasteiger partial charge in [0, 0.05) is 24.2 Å². The SMILES string of the molecule is O=C(CC[B-](F)(F)F)Nc1ccc([N+](=O)[O-])cc1. The van der Waals surface area contributed by atoms with Crippen molar-refractivity contribution >= 4 is 24.3 Å². The molecule has 0 aliphatic rings. The summed E-state index contributed by atoms with van der Waals surface area (Å²) in [6.07, 6.45) is -1.79. The molecule has 1 N–H and O–H groups in total. The number of non-ortho nitro benzene ring substituents is 1. The van der Waals surface area contributed by atoms with E-state index in [1.165, 1.54) is 12.1 Å². The van der Waals surface area contributed by atoms with Crippen LogP contribution in [-0.2, 0) is 4.79 Å². The minimum absolute atomic E-state index is 0.161. The Balaban J connectivity index is 2.52. The van der Waals surface area contributed by atoms with E-state index in [2.05, 4.69) is 5.32 Å². The van der Waals surface area contributed by atoms with E-state index in [0.29, 0.717) is 0 Å². The molecule has 0 aromatic heterocycles. The lowest BCUT2D eigenvalue weighted by atomic mass is 9.84. The van der Waals surface area contributed by atoms with Crippen LogP contribution in [0.25, 0.3) is 0 Å². The first-order chi connectivity index (χ1) is 8.28. The van der Waals surface area contributed by atoms with Gasteiger partial charge >= 0.3 is 6.98 Å². The van der Waals surface area contributed by atoms with Crippen molar-refractivity contribution in [2.75, 3.05) is 5.32 Å². The molecule has 0 atom stereocenters. The van der Waals surface area contributed by atoms with Crippen molar-refractivity contribution in [3.8, 4) is 0 Å². The number of carbonyl (C=O) groups excluding carboxylic acids is 1. The Bertz CT molecular complexity index is 447. The smallest absolute Gasteiger partial charge is 0.449 e. The molecule has 0 spiro atoms. The molecule has 5 nitrogen and oxygen atoms in total. The lowest BCUT2D eigenvalue weighted by Crippen LogP contribution is -2.19. The maximum Gasteiger partial charge on any atom is 0.478 e. The molecule has 0 unspecified atom stereocenters. The van der Waals surface area contributed by atoms with Gasteiger partial charge in [0.25, 0.3) is 5.69 Å². The summed E-state index contributed by atoms with van der Waals surface area (Å²) < 4.78 is 35.7. The van der Waals surface area contributed by atoms with Crippen LogP contribution in [-0.4, -0.2) is 17.8 Å². The van der Waals surface area contributed by atoms with Gasteiger partial charge in [-0.3, -0.25) is 14.9 Å². The van der Waals surface area contributed by atoms with Crippen LogP contribution in [0.3, 0.4) is 0 Å². The number of hydrogen-bond acceptors (Lipinski definition) is 3. The highest BCUT2D eigenvalue weighted by molar-refractivity contribution is 6.58. The van der Waals surface area contributed by atoms with Crippen molar-refractivity contribution in [2.24, 2.45) is 0 Å². The van der Waals surface area contributed by atoms with Gasteiger partial charge in [-0.05, 0) is 12.1 Å². The minimum atomic E-state index is -4.98. The Morgan fingerprint density at radius 3 is 2.28 bits per heavy atom. The predicted octanol–water partition coefficient (Wildman–Crippen LogP) is 2.77. The first-order valence-corrected chi connectivity index (χ1v) is 5.03. The van der Waals surface area contributed by atoms with Crippen LogP contribution in [0.4, 0.5) is 24.3 Å². The third-order valence-corrected chi connectivity index (χ3v) is 2.06. The van der Waals surface area contributed by atoms with Crippen molar-refractivity contribution < 1.29 is 22.7 Å². The molecule has 1 rings (SSSR count). The van der Waals surface area contributed by atoms with E-state index in [9.17, 15) is 27.9 Å². The molecule has 1 aromatic carbocycles. The minimum Gasteiger partial charge on any atom is -0.449 e. The quantitative estimate of drug-likeness (QED) is 0.503. The molecule has 0 bridgehead atoms. The average molecular weight is 261 g/mol. The van der Waals surface area contributed by atoms with E-state index in [-0.39, 0.29) is 11.4 Å². The van der Waals surface area contributed by atoms with Crippen LogP contribution in [0, 0.1) is 10.1 Å². The number of benzene rings is 1. The molecule has 0 saturated heterocycles. The van der Waals surface area contributed by atoms with E-state index in [4.69, 9.17) is 0 Å². The summed E-state index contributed by atoms with van der Waals surface area (Å²) in [6, 6.07) is 4.83. The van der Waals surface area contributed by atoms with E-state index < -0.39 is 30.5 Å². The van der Waals surface area contributed by atoms with Crippen LogP contribution in [0.15, 0.2) is 24.3 Å². The molecule has 0 fully saturated rings. The largest absolute Gasteiger partial charge is 0.478 e. The van der Waals surface area contributed by atoms with Gasteiger partial charge in [0.05, 0.1) is 4.92 Å². The fraction of sp³-hybridized carbons (Fsp3) is 0.222. The molecule has 9 heteroatoms. The summed E-state index contributed by atoms with van der Waals surface area (Å²) in [5.74, 6) is -0.775. The normalized spacial score (nSPS) is 11.1. The zero-order valence-electron chi connectivity index (χ0n) is 9.11. The first kappa shape index (κ1) is 14.0. The topological polar surface area (TPSA) is 72.2 Å². The van der Waals surface area contributed by atoms with E-state index in [1.54, 1.807) is 0 Å². The summed E-state index contributed by atoms with van der Waals surface area (Å²) in [6.45, 7) is -4.98. The number of amides is 1. The van der Waals surface area contributed by atoms with Crippen molar-refractivity contribution in [1.82, 2.24) is 0 Å². The number of carbonyl (C=O) groups is 1. The summed E-state index contributed by atoms with van der Waals surface area (Å²) >= 11 is 0. The van der Waals surface area contributed by atoms with Crippen molar-refractivity contribution in [3.63, 3.8) is 0 Å². The summed E-state index contributed by atoms with van der Waals surface area (Å²) in [5, 5.41) is 12.6. The van der Waals surface area contributed by atoms with Gasteiger partial charge in [0.2, 0.25) is 5.91 Å². The highest BCUT2D eigenvalue weighted by Gasteiger charge is 2.23. The molecular weight excluding hydrogens is 252 g/mol. The number of hydrogen-bond donors (Lipinski definition) is 1. The third-order valence-electron chi connectivity index (χ3n) is 2.06. The zero-order valence-corrected chi connectivity index (χ0v) is 9.11. The first-order valence-electron chi connectivity index (χ1n) is 5.03. The molecule has 0 heterocycles. The summed E-state index contributed by atoms with van der Waals surface area (Å²) in [4.78, 5) is 20.9. The van der Waals surface area contributed by atoms with Gasteiger partial charge in [-0.1, -0.05) is 6.32 Å². The Kier molecular flexibility index (Phi) is 4.30. The van der Waals surface area contributed by atoms with Gasteiger partial charge in [-0.2, -0.15) is 0 Å². The maximum atomic E-state index is 11.9. The third kappa shape index (κ3) is 4.85. The highest BCUT2D eigenvalue weighted by Crippen LogP contribution is 2.19. The lowest BCUT2D eigenvalue weighted by Gasteiger charge is -2.12. The lowest BCUT2D eigenvalue weighted by molar-refractivity contribution is -0.384. The van der Waals surface area contributed by atoms with E-state index in [0.717, 1.165) is 12.1 Å². The van der Waals surface area contributed by atoms with Gasteiger partial charge in [-0.25, -0.2) is 0 Å². The molecule has 1 amide bonds. The Hall–Kier alpha value is -2.06. The fourth-order valence-electron chi connectivity index (χ4n) is 1.18. The highest BCUT2D eigenvalue weighted by atomic mass is 19.4. The molecule has 0 radical (unpaired) electrons. The molecule has 1 aromatic rings. The number of nitrogens with zero attached hydrogens (tertiary/aromatic N) is 1. The Labute approximate surface area is 100 Å². The second kappa shape index (κ2) is 5.52. The second-order valence-corrected chi connectivity index (χ2v) is 3.60. The summed E-state index contributed by atoms with van der Waals surface area (Å²) in [7, 11) is 0. The van der Waals surface area contributed by atoms with E-state index >= 15 is 0 Å². The molecule has 18 heavy (non-hydrogen) atoms. The molecule has 0 aliphatic carbocycles. The standard InChI is InChI=1S/C9H9BF3N2O3/c11-10(12,13)6-5-9(16)14-7-1-3-8(4-2-7)15(17)18/h1-4H,5-6H2,(H,14,16)/q-1. The van der Waals surface area contributed by atoms with Crippen LogP contribution in [0.5, 0.6) is 0 Å². The van der Waals surface area contributed by atoms with Crippen LogP contribution >= 0.6 is 0 Å². The van der Waals surface area contributed by atoms with Crippen LogP contribution < -0.4 is 5.32 Å². The number of nitrogens with one attached hydrogen (secondary N) is 1. The van der Waals surface area contributed by atoms with Crippen LogP contribution in [0.2, 0.25) is 6.32 Å². The number of anilines is 1. The van der Waals surface area contributed by atoms with E-state index in [1.807, 2.05) is 0 Å². The van der Waals surface area contributed by atoms with Gasteiger partial charge < -0.3 is 18.3 Å². The second-order valence-electron chi connectivity index (χ2n) is 3.60. The predicted molar refractivity (Wildman–Crippen MR) is 60.2 cm³/mol. The molecule has 0 aliphatic heterocycles. The maximum absolute atomic E-state index is 11.9. The number of nitro benzene ring substituents is 1. The monoisotopic (exact) mass is 261 g/mol. The Morgan fingerprint density at radius 2 is 1.83 bits per heavy atom. The van der Waals surface area contributed by atoms with Gasteiger partial charge in [0.1, 0.15) is 0 Å². The van der Waals surface area contributed by atoms with Crippen LogP contribution in [0.1, 0.15) is 6.42 Å². The van der Waals surface area contributed by atoms with Gasteiger partial charge in [0.15, 0.2) is 0 Å². The number of rotatable bonds is 5. The molecule has 98 valence electrons. The Morgan fingerprint density at radius 1 is 1.28 bits per heavy atom. The van der Waals surface area contributed by atoms with Crippen molar-refractivity contribution in [1.29, 1.82) is 0 Å². The zero-order chi connectivity index (χ0) is 13.8. The summed E-state index contributed by atoms with van der Waals surface area (Å²) in [5.41, 5.74) is 0.0619. The fourth-order valence-corrected chi connectivity index (χ4v) is 1.18. The van der Waals surface area contributed by atoms with Crippen molar-refractivity contribution in [3.05, 3.63) is 34.4 Å². The number of halogens is 3.